The molecule has 2 N–H and O–H groups in total. The topological polar surface area (TPSA) is 67.1 Å². The highest BCUT2D eigenvalue weighted by Crippen LogP contribution is 2.09. The van der Waals surface area contributed by atoms with E-state index in [2.05, 4.69) is 57.9 Å². The maximum absolute atomic E-state index is 4.22. The molecule has 0 saturated carbocycles. The van der Waals surface area contributed by atoms with Gasteiger partial charge < -0.3 is 15.2 Å². The summed E-state index contributed by atoms with van der Waals surface area (Å²) in [5.41, 5.74) is 3.83. The van der Waals surface area contributed by atoms with E-state index in [0.717, 1.165) is 18.3 Å². The van der Waals surface area contributed by atoms with Crippen LogP contribution in [0.2, 0.25) is 0 Å². The molecule has 1 heterocycles. The molecule has 21 heavy (non-hydrogen) atoms. The van der Waals surface area contributed by atoms with Gasteiger partial charge in [-0.1, -0.05) is 23.8 Å². The van der Waals surface area contributed by atoms with Gasteiger partial charge in [0, 0.05) is 20.6 Å². The molecule has 1 aromatic heterocycles. The lowest BCUT2D eigenvalue weighted by molar-refractivity contribution is 0.725. The van der Waals surface area contributed by atoms with E-state index in [1.165, 1.54) is 16.7 Å². The van der Waals surface area contributed by atoms with Gasteiger partial charge in [0.1, 0.15) is 6.33 Å². The largest absolute Gasteiger partial charge is 0.352 e. The minimum atomic E-state index is 0.586. The average Bonchev–Trinajstić information content (AvgIpc) is 2.86. The first kappa shape index (κ1) is 15.0. The van der Waals surface area contributed by atoms with Gasteiger partial charge in [0.15, 0.2) is 11.8 Å². The number of benzene rings is 1. The first-order chi connectivity index (χ1) is 10.1. The van der Waals surface area contributed by atoms with Gasteiger partial charge in [0.05, 0.1) is 6.54 Å². The van der Waals surface area contributed by atoms with Gasteiger partial charge in [-0.25, -0.2) is 0 Å². The van der Waals surface area contributed by atoms with E-state index < -0.39 is 0 Å². The predicted molar refractivity (Wildman–Crippen MR) is 84.0 cm³/mol. The number of aromatic nitrogens is 3. The van der Waals surface area contributed by atoms with Gasteiger partial charge in [-0.3, -0.25) is 4.99 Å². The third-order valence-electron chi connectivity index (χ3n) is 3.39. The van der Waals surface area contributed by atoms with Crippen molar-refractivity contribution >= 4 is 5.96 Å². The lowest BCUT2D eigenvalue weighted by Gasteiger charge is -2.13. The fraction of sp³-hybridized carbons (Fsp3) is 0.400. The Hall–Kier alpha value is -2.37. The number of hydrogen-bond donors (Lipinski definition) is 2. The van der Waals surface area contributed by atoms with Crippen molar-refractivity contribution in [2.45, 2.75) is 26.9 Å². The third-order valence-corrected chi connectivity index (χ3v) is 3.39. The van der Waals surface area contributed by atoms with Crippen molar-refractivity contribution in [1.82, 2.24) is 25.4 Å². The zero-order chi connectivity index (χ0) is 15.2. The van der Waals surface area contributed by atoms with E-state index >= 15 is 0 Å². The third kappa shape index (κ3) is 4.05. The molecule has 6 nitrogen and oxygen atoms in total. The van der Waals surface area contributed by atoms with E-state index in [1.807, 2.05) is 11.6 Å². The maximum Gasteiger partial charge on any atom is 0.191 e. The van der Waals surface area contributed by atoms with E-state index in [-0.39, 0.29) is 0 Å². The van der Waals surface area contributed by atoms with Crippen molar-refractivity contribution in [3.63, 3.8) is 0 Å². The van der Waals surface area contributed by atoms with Crippen molar-refractivity contribution in [2.24, 2.45) is 12.0 Å². The van der Waals surface area contributed by atoms with Crippen LogP contribution in [0.15, 0.2) is 29.5 Å². The summed E-state index contributed by atoms with van der Waals surface area (Å²) in [6, 6.07) is 6.46. The Labute approximate surface area is 125 Å². The van der Waals surface area contributed by atoms with Gasteiger partial charge >= 0.3 is 0 Å². The van der Waals surface area contributed by atoms with Crippen molar-refractivity contribution in [3.05, 3.63) is 47.0 Å². The van der Waals surface area contributed by atoms with Crippen LogP contribution in [0.5, 0.6) is 0 Å². The second-order valence-corrected chi connectivity index (χ2v) is 5.07. The molecule has 6 heteroatoms. The Kier molecular flexibility index (Phi) is 4.92. The number of aryl methyl sites for hydroxylation is 3. The SMILES string of the molecule is CN=C(NCc1ccc(C)cc1C)NCc1nncn1C. The number of rotatable bonds is 4. The van der Waals surface area contributed by atoms with Crippen LogP contribution in [-0.2, 0) is 20.1 Å². The summed E-state index contributed by atoms with van der Waals surface area (Å²) >= 11 is 0. The fourth-order valence-electron chi connectivity index (χ4n) is 2.07. The van der Waals surface area contributed by atoms with Crippen LogP contribution in [0.1, 0.15) is 22.5 Å². The molecule has 0 bridgehead atoms. The highest BCUT2D eigenvalue weighted by molar-refractivity contribution is 5.79. The number of nitrogens with one attached hydrogen (secondary N) is 2. The van der Waals surface area contributed by atoms with E-state index in [9.17, 15) is 0 Å². The molecule has 2 aromatic rings. The molecule has 0 atom stereocenters. The lowest BCUT2D eigenvalue weighted by atomic mass is 10.1. The summed E-state index contributed by atoms with van der Waals surface area (Å²) < 4.78 is 1.88. The Morgan fingerprint density at radius 2 is 2.00 bits per heavy atom. The Morgan fingerprint density at radius 1 is 1.24 bits per heavy atom. The molecule has 0 aliphatic carbocycles. The molecular formula is C15H22N6. The second-order valence-electron chi connectivity index (χ2n) is 5.07. The molecule has 0 radical (unpaired) electrons. The van der Waals surface area contributed by atoms with Crippen molar-refractivity contribution in [1.29, 1.82) is 0 Å². The Morgan fingerprint density at radius 3 is 2.62 bits per heavy atom. The first-order valence-corrected chi connectivity index (χ1v) is 6.93. The Balaban J connectivity index is 1.89. The van der Waals surface area contributed by atoms with Crippen LogP contribution >= 0.6 is 0 Å². The smallest absolute Gasteiger partial charge is 0.191 e. The van der Waals surface area contributed by atoms with Crippen LogP contribution in [-0.4, -0.2) is 27.8 Å². The zero-order valence-corrected chi connectivity index (χ0v) is 13.0. The molecule has 2 rings (SSSR count). The molecule has 0 aliphatic rings. The lowest BCUT2D eigenvalue weighted by Crippen LogP contribution is -2.37. The fourth-order valence-corrected chi connectivity index (χ4v) is 2.07. The predicted octanol–water partition coefficient (Wildman–Crippen LogP) is 1.30. The molecule has 0 aliphatic heterocycles. The molecule has 0 unspecified atom stereocenters. The summed E-state index contributed by atoms with van der Waals surface area (Å²) in [5, 5.41) is 14.4. The molecular weight excluding hydrogens is 264 g/mol. The van der Waals surface area contributed by atoms with Crippen LogP contribution in [0.4, 0.5) is 0 Å². The standard InChI is InChI=1S/C15H22N6/c1-11-5-6-13(12(2)7-11)8-17-15(16-3)18-9-14-20-19-10-21(14)4/h5-7,10H,8-9H2,1-4H3,(H2,16,17,18). The van der Waals surface area contributed by atoms with Crippen LogP contribution in [0.25, 0.3) is 0 Å². The molecule has 1 aromatic carbocycles. The van der Waals surface area contributed by atoms with Crippen LogP contribution < -0.4 is 10.6 Å². The highest BCUT2D eigenvalue weighted by Gasteiger charge is 2.04. The number of nitrogens with zero attached hydrogens (tertiary/aromatic N) is 4. The van der Waals surface area contributed by atoms with Gasteiger partial charge in [-0.2, -0.15) is 0 Å². The summed E-state index contributed by atoms with van der Waals surface area (Å²) in [7, 11) is 3.68. The molecule has 0 saturated heterocycles. The molecule has 112 valence electrons. The number of guanidine groups is 1. The van der Waals surface area contributed by atoms with Crippen LogP contribution in [0, 0.1) is 13.8 Å². The quantitative estimate of drug-likeness (QED) is 0.656. The van der Waals surface area contributed by atoms with Gasteiger partial charge in [0.25, 0.3) is 0 Å². The van der Waals surface area contributed by atoms with Gasteiger partial charge in [0.2, 0.25) is 0 Å². The zero-order valence-electron chi connectivity index (χ0n) is 13.0. The van der Waals surface area contributed by atoms with Crippen molar-refractivity contribution < 1.29 is 0 Å². The van der Waals surface area contributed by atoms with E-state index in [4.69, 9.17) is 0 Å². The summed E-state index contributed by atoms with van der Waals surface area (Å²) in [5.74, 6) is 1.61. The number of hydrogen-bond acceptors (Lipinski definition) is 3. The monoisotopic (exact) mass is 286 g/mol. The van der Waals surface area contributed by atoms with E-state index in [0.29, 0.717) is 6.54 Å². The first-order valence-electron chi connectivity index (χ1n) is 6.93. The number of aliphatic imine (C=N–C) groups is 1. The molecule has 0 amide bonds. The normalized spacial score (nSPS) is 11.5. The molecule has 0 fully saturated rings. The Bertz CT molecular complexity index is 629. The maximum atomic E-state index is 4.22. The summed E-state index contributed by atoms with van der Waals surface area (Å²) in [6.07, 6.45) is 1.68. The van der Waals surface area contributed by atoms with Crippen molar-refractivity contribution in [2.75, 3.05) is 7.05 Å². The average molecular weight is 286 g/mol. The summed E-state index contributed by atoms with van der Waals surface area (Å²) in [6.45, 7) is 5.55. The van der Waals surface area contributed by atoms with Crippen molar-refractivity contribution in [3.8, 4) is 0 Å². The minimum Gasteiger partial charge on any atom is -0.352 e. The van der Waals surface area contributed by atoms with Crippen LogP contribution in [0.3, 0.4) is 0 Å². The second kappa shape index (κ2) is 6.88. The minimum absolute atomic E-state index is 0.586. The van der Waals surface area contributed by atoms with Gasteiger partial charge in [-0.05, 0) is 25.0 Å². The summed E-state index contributed by atoms with van der Waals surface area (Å²) in [4.78, 5) is 4.22. The van der Waals surface area contributed by atoms with E-state index in [1.54, 1.807) is 13.4 Å². The molecule has 0 spiro atoms. The highest BCUT2D eigenvalue weighted by atomic mass is 15.3. The van der Waals surface area contributed by atoms with Gasteiger partial charge in [-0.15, -0.1) is 10.2 Å².